The SMILES string of the molecule is CCCCCC[C@@H](NCc1ccc(Cl)cc1)c1ncc(-c2ccccc2)[nH]1. The van der Waals surface area contributed by atoms with Gasteiger partial charge >= 0.3 is 0 Å². The third-order valence-electron chi connectivity index (χ3n) is 4.82. The summed E-state index contributed by atoms with van der Waals surface area (Å²) in [6.07, 6.45) is 8.03. The van der Waals surface area contributed by atoms with Gasteiger partial charge in [0.25, 0.3) is 0 Å². The second kappa shape index (κ2) is 10.3. The van der Waals surface area contributed by atoms with Crippen LogP contribution >= 0.6 is 11.6 Å². The molecule has 142 valence electrons. The molecule has 0 spiro atoms. The van der Waals surface area contributed by atoms with Crippen LogP contribution in [0.1, 0.15) is 56.5 Å². The van der Waals surface area contributed by atoms with E-state index in [-0.39, 0.29) is 6.04 Å². The standard InChI is InChI=1S/C23H28ClN3/c1-2-3-4-8-11-21(25-16-18-12-14-20(24)15-13-18)23-26-17-22(27-23)19-9-6-5-7-10-19/h5-7,9-10,12-15,17,21,25H,2-4,8,11,16H2,1H3,(H,26,27)/t21-/m1/s1. The molecular weight excluding hydrogens is 354 g/mol. The molecule has 1 aromatic heterocycles. The minimum Gasteiger partial charge on any atom is -0.341 e. The topological polar surface area (TPSA) is 40.7 Å². The van der Waals surface area contributed by atoms with Gasteiger partial charge in [-0.2, -0.15) is 0 Å². The van der Waals surface area contributed by atoms with Crippen molar-refractivity contribution in [2.75, 3.05) is 0 Å². The number of hydrogen-bond acceptors (Lipinski definition) is 2. The summed E-state index contributed by atoms with van der Waals surface area (Å²) in [5, 5.41) is 4.45. The molecule has 0 aliphatic heterocycles. The fraction of sp³-hybridized carbons (Fsp3) is 0.348. The highest BCUT2D eigenvalue weighted by Gasteiger charge is 2.15. The van der Waals surface area contributed by atoms with Crippen molar-refractivity contribution in [1.29, 1.82) is 0 Å². The lowest BCUT2D eigenvalue weighted by atomic mass is 10.1. The van der Waals surface area contributed by atoms with Gasteiger partial charge in [0.15, 0.2) is 0 Å². The molecule has 27 heavy (non-hydrogen) atoms. The Morgan fingerprint density at radius 1 is 1.00 bits per heavy atom. The van der Waals surface area contributed by atoms with Crippen molar-refractivity contribution in [1.82, 2.24) is 15.3 Å². The molecule has 0 amide bonds. The Morgan fingerprint density at radius 3 is 2.52 bits per heavy atom. The predicted molar refractivity (Wildman–Crippen MR) is 114 cm³/mol. The number of halogens is 1. The molecule has 4 heteroatoms. The molecule has 0 unspecified atom stereocenters. The van der Waals surface area contributed by atoms with Gasteiger partial charge in [0.2, 0.25) is 0 Å². The second-order valence-corrected chi connectivity index (χ2v) is 7.39. The smallest absolute Gasteiger partial charge is 0.123 e. The fourth-order valence-electron chi connectivity index (χ4n) is 3.23. The van der Waals surface area contributed by atoms with Crippen molar-refractivity contribution in [3.05, 3.63) is 77.2 Å². The maximum absolute atomic E-state index is 5.99. The van der Waals surface area contributed by atoms with Crippen LogP contribution in [-0.4, -0.2) is 9.97 Å². The van der Waals surface area contributed by atoms with Crippen LogP contribution in [0.5, 0.6) is 0 Å². The Balaban J connectivity index is 1.69. The molecule has 3 aromatic rings. The number of H-pyrrole nitrogens is 1. The van der Waals surface area contributed by atoms with Crippen LogP contribution in [-0.2, 0) is 6.54 Å². The lowest BCUT2D eigenvalue weighted by Gasteiger charge is -2.17. The van der Waals surface area contributed by atoms with Gasteiger partial charge in [-0.15, -0.1) is 0 Å². The highest BCUT2D eigenvalue weighted by Crippen LogP contribution is 2.23. The highest BCUT2D eigenvalue weighted by atomic mass is 35.5. The summed E-state index contributed by atoms with van der Waals surface area (Å²) in [6.45, 7) is 3.05. The minimum atomic E-state index is 0.218. The summed E-state index contributed by atoms with van der Waals surface area (Å²) in [5.74, 6) is 1.01. The zero-order chi connectivity index (χ0) is 18.9. The van der Waals surface area contributed by atoms with Gasteiger partial charge in [0, 0.05) is 11.6 Å². The molecule has 0 bridgehead atoms. The van der Waals surface area contributed by atoms with Crippen LogP contribution in [0.4, 0.5) is 0 Å². The first kappa shape index (κ1) is 19.7. The lowest BCUT2D eigenvalue weighted by Crippen LogP contribution is -2.22. The molecule has 2 N–H and O–H groups in total. The van der Waals surface area contributed by atoms with E-state index < -0.39 is 0 Å². The van der Waals surface area contributed by atoms with Gasteiger partial charge in [0.1, 0.15) is 5.82 Å². The zero-order valence-corrected chi connectivity index (χ0v) is 16.7. The molecule has 0 aliphatic rings. The molecule has 1 atom stereocenters. The van der Waals surface area contributed by atoms with E-state index in [1.54, 1.807) is 0 Å². The Kier molecular flexibility index (Phi) is 7.49. The molecule has 0 fully saturated rings. The van der Waals surface area contributed by atoms with Gasteiger partial charge in [-0.05, 0) is 29.7 Å². The first-order chi connectivity index (χ1) is 13.3. The molecular formula is C23H28ClN3. The monoisotopic (exact) mass is 381 g/mol. The number of rotatable bonds is 10. The molecule has 0 saturated carbocycles. The van der Waals surface area contributed by atoms with E-state index in [2.05, 4.69) is 58.6 Å². The van der Waals surface area contributed by atoms with Crippen molar-refractivity contribution in [2.45, 2.75) is 51.6 Å². The number of unbranched alkanes of at least 4 members (excludes halogenated alkanes) is 3. The molecule has 2 aromatic carbocycles. The molecule has 3 nitrogen and oxygen atoms in total. The van der Waals surface area contributed by atoms with Crippen molar-refractivity contribution >= 4 is 11.6 Å². The van der Waals surface area contributed by atoms with E-state index in [1.807, 2.05) is 24.4 Å². The third-order valence-corrected chi connectivity index (χ3v) is 5.07. The average Bonchev–Trinajstić information content (AvgIpc) is 3.19. The third kappa shape index (κ3) is 5.95. The maximum Gasteiger partial charge on any atom is 0.123 e. The first-order valence-corrected chi connectivity index (χ1v) is 10.2. The number of aromatic nitrogens is 2. The van der Waals surface area contributed by atoms with Gasteiger partial charge in [-0.25, -0.2) is 4.98 Å². The van der Waals surface area contributed by atoms with Crippen LogP contribution < -0.4 is 5.32 Å². The Morgan fingerprint density at radius 2 is 1.78 bits per heavy atom. The van der Waals surface area contributed by atoms with Gasteiger partial charge in [0.05, 0.1) is 17.9 Å². The largest absolute Gasteiger partial charge is 0.341 e. The number of hydrogen-bond donors (Lipinski definition) is 2. The number of nitrogens with one attached hydrogen (secondary N) is 2. The zero-order valence-electron chi connectivity index (χ0n) is 15.9. The van der Waals surface area contributed by atoms with Crippen LogP contribution in [0, 0.1) is 0 Å². The Labute approximate surface area is 167 Å². The summed E-state index contributed by atoms with van der Waals surface area (Å²) < 4.78 is 0. The van der Waals surface area contributed by atoms with Crippen molar-refractivity contribution in [3.63, 3.8) is 0 Å². The Bertz CT molecular complexity index is 796. The Hall–Kier alpha value is -2.10. The van der Waals surface area contributed by atoms with Crippen LogP contribution in [0.25, 0.3) is 11.3 Å². The van der Waals surface area contributed by atoms with Gasteiger partial charge in [-0.3, -0.25) is 0 Å². The van der Waals surface area contributed by atoms with E-state index in [9.17, 15) is 0 Å². The predicted octanol–water partition coefficient (Wildman–Crippen LogP) is 6.53. The second-order valence-electron chi connectivity index (χ2n) is 6.96. The fourth-order valence-corrected chi connectivity index (χ4v) is 3.36. The van der Waals surface area contributed by atoms with Crippen LogP contribution in [0.2, 0.25) is 5.02 Å². The molecule has 1 heterocycles. The molecule has 3 rings (SSSR count). The van der Waals surface area contributed by atoms with E-state index in [4.69, 9.17) is 11.6 Å². The lowest BCUT2D eigenvalue weighted by molar-refractivity contribution is 0.453. The summed E-state index contributed by atoms with van der Waals surface area (Å²) in [5.41, 5.74) is 3.46. The number of benzene rings is 2. The van der Waals surface area contributed by atoms with Crippen molar-refractivity contribution in [2.24, 2.45) is 0 Å². The van der Waals surface area contributed by atoms with Crippen LogP contribution in [0.15, 0.2) is 60.8 Å². The highest BCUT2D eigenvalue weighted by molar-refractivity contribution is 6.30. The van der Waals surface area contributed by atoms with E-state index >= 15 is 0 Å². The number of nitrogens with zero attached hydrogens (tertiary/aromatic N) is 1. The van der Waals surface area contributed by atoms with Crippen molar-refractivity contribution < 1.29 is 0 Å². The summed E-state index contributed by atoms with van der Waals surface area (Å²) in [4.78, 5) is 8.20. The van der Waals surface area contributed by atoms with E-state index in [0.717, 1.165) is 29.5 Å². The summed E-state index contributed by atoms with van der Waals surface area (Å²) in [6, 6.07) is 18.6. The summed E-state index contributed by atoms with van der Waals surface area (Å²) >= 11 is 5.99. The minimum absolute atomic E-state index is 0.218. The molecule has 0 saturated heterocycles. The van der Waals surface area contributed by atoms with Crippen molar-refractivity contribution in [3.8, 4) is 11.3 Å². The quantitative estimate of drug-likeness (QED) is 0.392. The average molecular weight is 382 g/mol. The van der Waals surface area contributed by atoms with E-state index in [0.29, 0.717) is 0 Å². The van der Waals surface area contributed by atoms with Gasteiger partial charge in [-0.1, -0.05) is 86.7 Å². The molecule has 0 radical (unpaired) electrons. The van der Waals surface area contributed by atoms with Crippen LogP contribution in [0.3, 0.4) is 0 Å². The number of imidazole rings is 1. The summed E-state index contributed by atoms with van der Waals surface area (Å²) in [7, 11) is 0. The van der Waals surface area contributed by atoms with Gasteiger partial charge < -0.3 is 10.3 Å². The normalized spacial score (nSPS) is 12.2. The molecule has 0 aliphatic carbocycles. The maximum atomic E-state index is 5.99. The van der Waals surface area contributed by atoms with E-state index in [1.165, 1.54) is 36.8 Å². The number of aromatic amines is 1. The first-order valence-electron chi connectivity index (χ1n) is 9.84.